The lowest BCUT2D eigenvalue weighted by atomic mass is 10.2. The van der Waals surface area contributed by atoms with Crippen LogP contribution in [0.15, 0.2) is 0 Å². The van der Waals surface area contributed by atoms with E-state index in [4.69, 9.17) is 17.0 Å². The minimum Gasteiger partial charge on any atom is -0.376 e. The van der Waals surface area contributed by atoms with Crippen LogP contribution in [0.3, 0.4) is 0 Å². The van der Waals surface area contributed by atoms with Gasteiger partial charge in [0.1, 0.15) is 0 Å². The van der Waals surface area contributed by atoms with Gasteiger partial charge in [0.05, 0.1) is 6.10 Å². The van der Waals surface area contributed by atoms with Crippen LogP contribution < -0.4 is 21.5 Å². The van der Waals surface area contributed by atoms with Crippen LogP contribution in [0.25, 0.3) is 0 Å². The molecule has 0 aromatic heterocycles. The Morgan fingerprint density at radius 2 is 2.33 bits per heavy atom. The molecule has 1 aliphatic rings. The minimum absolute atomic E-state index is 0.227. The maximum atomic E-state index is 10.8. The lowest BCUT2D eigenvalue weighted by Gasteiger charge is -2.14. The van der Waals surface area contributed by atoms with E-state index in [2.05, 4.69) is 21.5 Å². The monoisotopic (exact) mass is 232 g/mol. The van der Waals surface area contributed by atoms with Crippen molar-refractivity contribution in [2.24, 2.45) is 0 Å². The number of hydrogen-bond donors (Lipinski definition) is 4. The number of thiocarbonyl (C=S) groups is 1. The van der Waals surface area contributed by atoms with Crippen LogP contribution in [0.2, 0.25) is 0 Å². The summed E-state index contributed by atoms with van der Waals surface area (Å²) in [6.45, 7) is 1.49. The Kier molecular flexibility index (Phi) is 5.13. The summed E-state index contributed by atoms with van der Waals surface area (Å²) in [6, 6.07) is -0.337. The average Bonchev–Trinajstić information content (AvgIpc) is 2.75. The van der Waals surface area contributed by atoms with Crippen molar-refractivity contribution in [3.8, 4) is 0 Å². The van der Waals surface area contributed by atoms with E-state index in [-0.39, 0.29) is 12.1 Å². The number of ether oxygens (including phenoxy) is 1. The molecule has 0 aliphatic carbocycles. The van der Waals surface area contributed by atoms with Crippen molar-refractivity contribution in [2.75, 3.05) is 20.2 Å². The molecule has 0 aromatic rings. The number of urea groups is 1. The van der Waals surface area contributed by atoms with E-state index in [0.29, 0.717) is 11.7 Å². The molecule has 1 atom stereocenters. The number of carbonyl (C=O) groups is 1. The predicted octanol–water partition coefficient (Wildman–Crippen LogP) is -0.526. The van der Waals surface area contributed by atoms with Gasteiger partial charge in [-0.25, -0.2) is 10.2 Å². The zero-order valence-corrected chi connectivity index (χ0v) is 9.45. The maximum absolute atomic E-state index is 10.8. The Hall–Kier alpha value is -1.08. The summed E-state index contributed by atoms with van der Waals surface area (Å²) in [6.07, 6.45) is 2.38. The Morgan fingerprint density at radius 1 is 1.53 bits per heavy atom. The van der Waals surface area contributed by atoms with E-state index >= 15 is 0 Å². The summed E-state index contributed by atoms with van der Waals surface area (Å²) in [7, 11) is 1.53. The molecule has 6 nitrogen and oxygen atoms in total. The lowest BCUT2D eigenvalue weighted by molar-refractivity contribution is 0.114. The van der Waals surface area contributed by atoms with Crippen molar-refractivity contribution < 1.29 is 9.53 Å². The van der Waals surface area contributed by atoms with Gasteiger partial charge in [-0.2, -0.15) is 0 Å². The third-order valence-corrected chi connectivity index (χ3v) is 2.28. The smallest absolute Gasteiger partial charge is 0.333 e. The van der Waals surface area contributed by atoms with Crippen molar-refractivity contribution in [2.45, 2.75) is 18.9 Å². The largest absolute Gasteiger partial charge is 0.376 e. The summed E-state index contributed by atoms with van der Waals surface area (Å²) < 4.78 is 5.40. The topological polar surface area (TPSA) is 74.4 Å². The van der Waals surface area contributed by atoms with E-state index in [9.17, 15) is 4.79 Å². The standard InChI is InChI=1S/C8H16N4O2S/c1-9-7(13)11-12-8(15)10-5-6-3-2-4-14-6/h6H,2-5H2,1H3,(H2,9,11,13)(H2,10,12,15)/t6-/m1/s1. The van der Waals surface area contributed by atoms with Gasteiger partial charge >= 0.3 is 6.03 Å². The summed E-state index contributed by atoms with van der Waals surface area (Å²) in [5, 5.41) is 5.73. The fraction of sp³-hybridized carbons (Fsp3) is 0.750. The van der Waals surface area contributed by atoms with Gasteiger partial charge in [0.25, 0.3) is 0 Å². The molecule has 4 N–H and O–H groups in total. The number of amides is 2. The third-order valence-electron chi connectivity index (χ3n) is 2.03. The molecule has 1 heterocycles. The van der Waals surface area contributed by atoms with E-state index in [1.165, 1.54) is 7.05 Å². The summed E-state index contributed by atoms with van der Waals surface area (Å²) in [4.78, 5) is 10.8. The molecule has 1 fully saturated rings. The van der Waals surface area contributed by atoms with Crippen molar-refractivity contribution in [1.29, 1.82) is 0 Å². The highest BCUT2D eigenvalue weighted by atomic mass is 32.1. The zero-order valence-electron chi connectivity index (χ0n) is 8.63. The van der Waals surface area contributed by atoms with Crippen LogP contribution in [0.5, 0.6) is 0 Å². The van der Waals surface area contributed by atoms with Crippen molar-refractivity contribution >= 4 is 23.4 Å². The minimum atomic E-state index is -0.337. The van der Waals surface area contributed by atoms with E-state index < -0.39 is 0 Å². The first kappa shape index (κ1) is 12.0. The SMILES string of the molecule is CNC(=O)NNC(=S)NC[C@H]1CCCO1. The van der Waals surface area contributed by atoms with Gasteiger partial charge in [-0.3, -0.25) is 5.43 Å². The average molecular weight is 232 g/mol. The van der Waals surface area contributed by atoms with Crippen LogP contribution in [-0.2, 0) is 4.74 Å². The summed E-state index contributed by atoms with van der Waals surface area (Å²) in [5.74, 6) is 0. The predicted molar refractivity (Wildman–Crippen MR) is 60.3 cm³/mol. The lowest BCUT2D eigenvalue weighted by Crippen LogP contribution is -2.50. The maximum Gasteiger partial charge on any atom is 0.333 e. The van der Waals surface area contributed by atoms with E-state index in [0.717, 1.165) is 19.4 Å². The zero-order chi connectivity index (χ0) is 11.1. The van der Waals surface area contributed by atoms with Crippen LogP contribution in [-0.4, -0.2) is 37.4 Å². The van der Waals surface area contributed by atoms with Crippen LogP contribution >= 0.6 is 12.2 Å². The van der Waals surface area contributed by atoms with Gasteiger partial charge in [-0.15, -0.1) is 0 Å². The molecule has 1 saturated heterocycles. The molecule has 0 bridgehead atoms. The molecule has 7 heteroatoms. The number of nitrogens with one attached hydrogen (secondary N) is 4. The van der Waals surface area contributed by atoms with E-state index in [1.54, 1.807) is 0 Å². The van der Waals surface area contributed by atoms with Gasteiger partial charge in [0.15, 0.2) is 5.11 Å². The highest BCUT2D eigenvalue weighted by Crippen LogP contribution is 2.10. The molecule has 1 rings (SSSR count). The Bertz CT molecular complexity index is 231. The van der Waals surface area contributed by atoms with Gasteiger partial charge < -0.3 is 15.4 Å². The second-order valence-electron chi connectivity index (χ2n) is 3.17. The Balaban J connectivity index is 2.05. The van der Waals surface area contributed by atoms with Crippen LogP contribution in [0.1, 0.15) is 12.8 Å². The quantitative estimate of drug-likeness (QED) is 0.380. The first-order valence-corrected chi connectivity index (χ1v) is 5.26. The molecule has 2 amide bonds. The normalized spacial score (nSPS) is 19.4. The number of rotatable bonds is 2. The van der Waals surface area contributed by atoms with Gasteiger partial charge in [-0.05, 0) is 25.1 Å². The molecule has 0 unspecified atom stereocenters. The highest BCUT2D eigenvalue weighted by molar-refractivity contribution is 7.80. The number of carbonyl (C=O) groups excluding carboxylic acids is 1. The molecule has 0 saturated carbocycles. The summed E-state index contributed by atoms with van der Waals surface area (Å²) >= 11 is 4.93. The number of hydrogen-bond acceptors (Lipinski definition) is 3. The Labute approximate surface area is 94.1 Å². The number of hydrazine groups is 1. The molecule has 15 heavy (non-hydrogen) atoms. The Morgan fingerprint density at radius 3 is 2.93 bits per heavy atom. The molecule has 86 valence electrons. The van der Waals surface area contributed by atoms with E-state index in [1.807, 2.05) is 0 Å². The molecule has 1 aliphatic heterocycles. The van der Waals surface area contributed by atoms with Crippen LogP contribution in [0.4, 0.5) is 4.79 Å². The van der Waals surface area contributed by atoms with Crippen molar-refractivity contribution in [3.63, 3.8) is 0 Å². The molecule has 0 radical (unpaired) electrons. The van der Waals surface area contributed by atoms with Gasteiger partial charge in [0.2, 0.25) is 0 Å². The first-order valence-electron chi connectivity index (χ1n) is 4.85. The fourth-order valence-electron chi connectivity index (χ4n) is 1.23. The molecule has 0 spiro atoms. The van der Waals surface area contributed by atoms with Gasteiger partial charge in [-0.1, -0.05) is 0 Å². The van der Waals surface area contributed by atoms with Crippen LogP contribution in [0, 0.1) is 0 Å². The molecular formula is C8H16N4O2S. The first-order chi connectivity index (χ1) is 7.22. The second-order valence-corrected chi connectivity index (χ2v) is 3.58. The highest BCUT2D eigenvalue weighted by Gasteiger charge is 2.15. The molecular weight excluding hydrogens is 216 g/mol. The fourth-order valence-corrected chi connectivity index (χ4v) is 1.37. The second kappa shape index (κ2) is 6.41. The van der Waals surface area contributed by atoms with Gasteiger partial charge in [0, 0.05) is 20.2 Å². The van der Waals surface area contributed by atoms with Crippen molar-refractivity contribution in [3.05, 3.63) is 0 Å². The summed E-state index contributed by atoms with van der Waals surface area (Å²) in [5.41, 5.74) is 4.92. The van der Waals surface area contributed by atoms with Crippen molar-refractivity contribution in [1.82, 2.24) is 21.5 Å². The third kappa shape index (κ3) is 4.80. The molecule has 0 aromatic carbocycles.